The van der Waals surface area contributed by atoms with Crippen LogP contribution in [0.4, 0.5) is 0 Å². The van der Waals surface area contributed by atoms with Gasteiger partial charge in [-0.15, -0.1) is 0 Å². The van der Waals surface area contributed by atoms with Gasteiger partial charge in [0.2, 0.25) is 0 Å². The zero-order chi connectivity index (χ0) is 9.84. The summed E-state index contributed by atoms with van der Waals surface area (Å²) in [5, 5.41) is 0. The molecule has 0 radical (unpaired) electrons. The maximum absolute atomic E-state index is 11.4. The van der Waals surface area contributed by atoms with Crippen molar-refractivity contribution in [3.05, 3.63) is 11.1 Å². The van der Waals surface area contributed by atoms with E-state index in [9.17, 15) is 4.79 Å². The molecule has 74 valence electrons. The second-order valence-corrected chi connectivity index (χ2v) is 3.85. The average molecular weight is 182 g/mol. The second kappa shape index (κ2) is 4.45. The first-order chi connectivity index (χ1) is 6.16. The molecular weight excluding hydrogens is 164 g/mol. The van der Waals surface area contributed by atoms with Crippen LogP contribution in [0.3, 0.4) is 0 Å². The van der Waals surface area contributed by atoms with Crippen LogP contribution in [0.1, 0.15) is 39.5 Å². The van der Waals surface area contributed by atoms with Crippen molar-refractivity contribution in [2.45, 2.75) is 39.5 Å². The summed E-state index contributed by atoms with van der Waals surface area (Å²) < 4.78 is 4.80. The Kier molecular flexibility index (Phi) is 3.52. The molecule has 2 heteroatoms. The van der Waals surface area contributed by atoms with Gasteiger partial charge in [-0.1, -0.05) is 17.6 Å². The minimum atomic E-state index is -0.0594. The Morgan fingerprint density at radius 1 is 1.38 bits per heavy atom. The highest BCUT2D eigenvalue weighted by Gasteiger charge is 2.26. The molecule has 0 heterocycles. The molecule has 1 unspecified atom stereocenters. The van der Waals surface area contributed by atoms with Crippen LogP contribution >= 0.6 is 0 Å². The van der Waals surface area contributed by atoms with E-state index in [0.29, 0.717) is 0 Å². The number of rotatable bonds is 1. The van der Waals surface area contributed by atoms with Crippen molar-refractivity contribution < 1.29 is 9.53 Å². The summed E-state index contributed by atoms with van der Waals surface area (Å²) in [5.74, 6) is -0.0142. The summed E-state index contributed by atoms with van der Waals surface area (Å²) in [5.41, 5.74) is 2.59. The van der Waals surface area contributed by atoms with Crippen molar-refractivity contribution in [2.75, 3.05) is 7.11 Å². The van der Waals surface area contributed by atoms with E-state index < -0.39 is 0 Å². The van der Waals surface area contributed by atoms with E-state index in [1.807, 2.05) is 0 Å². The molecule has 0 aromatic carbocycles. The first-order valence-corrected chi connectivity index (χ1v) is 4.91. The highest BCUT2D eigenvalue weighted by atomic mass is 16.5. The zero-order valence-corrected chi connectivity index (χ0v) is 8.72. The van der Waals surface area contributed by atoms with Crippen LogP contribution in [0.25, 0.3) is 0 Å². The van der Waals surface area contributed by atoms with Crippen LogP contribution in [0.2, 0.25) is 0 Å². The van der Waals surface area contributed by atoms with E-state index in [1.54, 1.807) is 0 Å². The Morgan fingerprint density at radius 2 is 2.08 bits per heavy atom. The van der Waals surface area contributed by atoms with Crippen molar-refractivity contribution in [2.24, 2.45) is 5.92 Å². The third kappa shape index (κ3) is 2.33. The molecule has 0 aromatic rings. The Morgan fingerprint density at radius 3 is 2.62 bits per heavy atom. The normalized spacial score (nSPS) is 22.7. The largest absolute Gasteiger partial charge is 0.469 e. The quantitative estimate of drug-likeness (QED) is 0.460. The number of methoxy groups -OCH3 is 1. The number of allylic oxidation sites excluding steroid dienone is 1. The summed E-state index contributed by atoms with van der Waals surface area (Å²) in [7, 11) is 1.47. The predicted octanol–water partition coefficient (Wildman–Crippen LogP) is 2.69. The third-order valence-electron chi connectivity index (χ3n) is 2.74. The molecule has 1 saturated carbocycles. The Bertz CT molecular complexity index is 224. The van der Waals surface area contributed by atoms with E-state index >= 15 is 0 Å². The van der Waals surface area contributed by atoms with E-state index in [1.165, 1.54) is 24.7 Å². The van der Waals surface area contributed by atoms with E-state index in [4.69, 9.17) is 4.74 Å². The molecule has 0 N–H and O–H groups in total. The highest BCUT2D eigenvalue weighted by Crippen LogP contribution is 2.32. The molecule has 1 rings (SSSR count). The standard InChI is InChI=1S/C11H18O2/c1-8(2)9-6-4-5-7-10(9)11(12)13-3/h10H,4-7H2,1-3H3. The first kappa shape index (κ1) is 10.3. The summed E-state index contributed by atoms with van der Waals surface area (Å²) >= 11 is 0. The Balaban J connectivity index is 2.80. The van der Waals surface area contributed by atoms with Gasteiger partial charge in [-0.05, 0) is 33.1 Å². The molecular formula is C11H18O2. The van der Waals surface area contributed by atoms with Gasteiger partial charge in [-0.3, -0.25) is 4.79 Å². The minimum absolute atomic E-state index is 0.0451. The van der Waals surface area contributed by atoms with Gasteiger partial charge in [-0.25, -0.2) is 0 Å². The van der Waals surface area contributed by atoms with Gasteiger partial charge in [0.05, 0.1) is 13.0 Å². The van der Waals surface area contributed by atoms with Crippen molar-refractivity contribution in [1.29, 1.82) is 0 Å². The summed E-state index contributed by atoms with van der Waals surface area (Å²) in [4.78, 5) is 11.4. The minimum Gasteiger partial charge on any atom is -0.469 e. The van der Waals surface area contributed by atoms with Gasteiger partial charge >= 0.3 is 5.97 Å². The maximum atomic E-state index is 11.4. The maximum Gasteiger partial charge on any atom is 0.312 e. The number of carbonyl (C=O) groups is 1. The van der Waals surface area contributed by atoms with Gasteiger partial charge in [0.25, 0.3) is 0 Å². The fourth-order valence-electron chi connectivity index (χ4n) is 2.01. The van der Waals surface area contributed by atoms with Gasteiger partial charge in [0.1, 0.15) is 0 Å². The lowest BCUT2D eigenvalue weighted by atomic mass is 9.82. The van der Waals surface area contributed by atoms with Gasteiger partial charge in [0.15, 0.2) is 0 Å². The number of hydrogen-bond donors (Lipinski definition) is 0. The molecule has 0 aliphatic heterocycles. The van der Waals surface area contributed by atoms with Crippen LogP contribution in [0.5, 0.6) is 0 Å². The number of esters is 1. The van der Waals surface area contributed by atoms with Crippen molar-refractivity contribution in [1.82, 2.24) is 0 Å². The predicted molar refractivity (Wildman–Crippen MR) is 52.3 cm³/mol. The smallest absolute Gasteiger partial charge is 0.312 e. The monoisotopic (exact) mass is 182 g/mol. The van der Waals surface area contributed by atoms with Crippen molar-refractivity contribution in [3.8, 4) is 0 Å². The zero-order valence-electron chi connectivity index (χ0n) is 8.72. The first-order valence-electron chi connectivity index (χ1n) is 4.91. The molecule has 0 bridgehead atoms. The lowest BCUT2D eigenvalue weighted by Crippen LogP contribution is -2.22. The second-order valence-electron chi connectivity index (χ2n) is 3.85. The highest BCUT2D eigenvalue weighted by molar-refractivity contribution is 5.76. The van der Waals surface area contributed by atoms with Gasteiger partial charge in [0, 0.05) is 0 Å². The molecule has 1 fully saturated rings. The molecule has 1 aliphatic rings. The van der Waals surface area contributed by atoms with Crippen LogP contribution in [0.15, 0.2) is 11.1 Å². The van der Waals surface area contributed by atoms with Crippen LogP contribution in [0, 0.1) is 5.92 Å². The number of carbonyl (C=O) groups excluding carboxylic acids is 1. The lowest BCUT2D eigenvalue weighted by Gasteiger charge is -2.24. The summed E-state index contributed by atoms with van der Waals surface area (Å²) in [6.45, 7) is 4.16. The Hall–Kier alpha value is -0.790. The van der Waals surface area contributed by atoms with Crippen LogP contribution < -0.4 is 0 Å². The molecule has 13 heavy (non-hydrogen) atoms. The average Bonchev–Trinajstić information content (AvgIpc) is 2.16. The van der Waals surface area contributed by atoms with E-state index in [-0.39, 0.29) is 11.9 Å². The number of hydrogen-bond acceptors (Lipinski definition) is 2. The van der Waals surface area contributed by atoms with Crippen molar-refractivity contribution >= 4 is 5.97 Å². The fraction of sp³-hybridized carbons (Fsp3) is 0.727. The molecule has 0 spiro atoms. The third-order valence-corrected chi connectivity index (χ3v) is 2.74. The van der Waals surface area contributed by atoms with Gasteiger partial charge < -0.3 is 4.74 Å². The van der Waals surface area contributed by atoms with Crippen molar-refractivity contribution in [3.63, 3.8) is 0 Å². The van der Waals surface area contributed by atoms with E-state index in [2.05, 4.69) is 13.8 Å². The van der Waals surface area contributed by atoms with Crippen LogP contribution in [-0.2, 0) is 9.53 Å². The summed E-state index contributed by atoms with van der Waals surface area (Å²) in [6.07, 6.45) is 4.40. The topological polar surface area (TPSA) is 26.3 Å². The van der Waals surface area contributed by atoms with E-state index in [0.717, 1.165) is 19.3 Å². The molecule has 0 aromatic heterocycles. The molecule has 1 atom stereocenters. The van der Waals surface area contributed by atoms with Crippen LogP contribution in [-0.4, -0.2) is 13.1 Å². The molecule has 0 amide bonds. The molecule has 2 nitrogen and oxygen atoms in total. The fourth-order valence-corrected chi connectivity index (χ4v) is 2.01. The SMILES string of the molecule is COC(=O)C1CCCCC1=C(C)C. The molecule has 0 saturated heterocycles. The van der Waals surface area contributed by atoms with Gasteiger partial charge in [-0.2, -0.15) is 0 Å². The Labute approximate surface area is 80.0 Å². The number of ether oxygens (including phenoxy) is 1. The molecule has 1 aliphatic carbocycles. The summed E-state index contributed by atoms with van der Waals surface area (Å²) in [6, 6.07) is 0. The lowest BCUT2D eigenvalue weighted by molar-refractivity contribution is -0.144.